The third-order valence-electron chi connectivity index (χ3n) is 4.41. The van der Waals surface area contributed by atoms with Crippen molar-refractivity contribution in [2.24, 2.45) is 0 Å². The minimum absolute atomic E-state index is 0.0394. The minimum Gasteiger partial charge on any atom is -0.494 e. The summed E-state index contributed by atoms with van der Waals surface area (Å²) in [6.45, 7) is 3.93. The smallest absolute Gasteiger partial charge is 0.316 e. The van der Waals surface area contributed by atoms with Crippen molar-refractivity contribution in [1.82, 2.24) is 19.8 Å². The van der Waals surface area contributed by atoms with E-state index in [1.54, 1.807) is 19.5 Å². The van der Waals surface area contributed by atoms with Gasteiger partial charge in [-0.2, -0.15) is 9.97 Å². The van der Waals surface area contributed by atoms with Crippen LogP contribution >= 0.6 is 0 Å². The number of amides is 1. The van der Waals surface area contributed by atoms with Gasteiger partial charge in [-0.05, 0) is 25.7 Å². The van der Waals surface area contributed by atoms with Crippen molar-refractivity contribution in [3.05, 3.63) is 12.4 Å². The molecule has 3 rings (SSSR count). The van der Waals surface area contributed by atoms with E-state index in [2.05, 4.69) is 14.9 Å². The van der Waals surface area contributed by atoms with Crippen LogP contribution < -0.4 is 9.47 Å². The monoisotopic (exact) mass is 320 g/mol. The molecule has 7 nitrogen and oxygen atoms in total. The van der Waals surface area contributed by atoms with Gasteiger partial charge in [0.1, 0.15) is 6.10 Å². The zero-order valence-corrected chi connectivity index (χ0v) is 13.6. The molecule has 0 saturated carbocycles. The van der Waals surface area contributed by atoms with E-state index >= 15 is 0 Å². The Hall–Kier alpha value is -1.89. The fourth-order valence-electron chi connectivity index (χ4n) is 3.09. The molecule has 126 valence electrons. The fraction of sp³-hybridized carbons (Fsp3) is 0.688. The van der Waals surface area contributed by atoms with E-state index < -0.39 is 0 Å². The van der Waals surface area contributed by atoms with Gasteiger partial charge < -0.3 is 14.4 Å². The number of carbonyl (C=O) groups is 1. The average Bonchev–Trinajstić information content (AvgIpc) is 3.03. The highest BCUT2D eigenvalue weighted by atomic mass is 16.5. The van der Waals surface area contributed by atoms with Crippen molar-refractivity contribution in [3.8, 4) is 11.8 Å². The van der Waals surface area contributed by atoms with Crippen LogP contribution in [-0.2, 0) is 4.79 Å². The molecule has 23 heavy (non-hydrogen) atoms. The Bertz CT molecular complexity index is 517. The summed E-state index contributed by atoms with van der Waals surface area (Å²) in [4.78, 5) is 24.7. The lowest BCUT2D eigenvalue weighted by Crippen LogP contribution is -2.42. The second-order valence-electron chi connectivity index (χ2n) is 6.11. The van der Waals surface area contributed by atoms with Crippen molar-refractivity contribution in [1.29, 1.82) is 0 Å². The Balaban J connectivity index is 1.45. The van der Waals surface area contributed by atoms with Gasteiger partial charge in [-0.1, -0.05) is 0 Å². The molecule has 2 aliphatic heterocycles. The molecule has 0 spiro atoms. The number of hydrogen-bond acceptors (Lipinski definition) is 6. The summed E-state index contributed by atoms with van der Waals surface area (Å²) < 4.78 is 10.8. The van der Waals surface area contributed by atoms with Crippen molar-refractivity contribution in [3.63, 3.8) is 0 Å². The lowest BCUT2D eigenvalue weighted by Gasteiger charge is -2.28. The van der Waals surface area contributed by atoms with Gasteiger partial charge in [-0.25, -0.2) is 0 Å². The summed E-state index contributed by atoms with van der Waals surface area (Å²) in [6.07, 6.45) is 7.62. The van der Waals surface area contributed by atoms with Crippen LogP contribution in [-0.4, -0.2) is 71.6 Å². The molecule has 0 aromatic carbocycles. The lowest BCUT2D eigenvalue weighted by atomic mass is 10.1. The number of ether oxygens (including phenoxy) is 2. The maximum Gasteiger partial charge on any atom is 0.316 e. The zero-order chi connectivity index (χ0) is 16.1. The number of hydrogen-bond donors (Lipinski definition) is 0. The van der Waals surface area contributed by atoms with Gasteiger partial charge in [0.2, 0.25) is 5.91 Å². The molecule has 0 aliphatic carbocycles. The first-order valence-electron chi connectivity index (χ1n) is 8.27. The molecule has 0 bridgehead atoms. The number of nitrogens with zero attached hydrogens (tertiary/aromatic N) is 4. The summed E-state index contributed by atoms with van der Waals surface area (Å²) in [5.74, 6) is 0.851. The molecule has 0 N–H and O–H groups in total. The summed E-state index contributed by atoms with van der Waals surface area (Å²) in [5.41, 5.74) is 0. The minimum atomic E-state index is 0.0394. The number of methoxy groups -OCH3 is 1. The Morgan fingerprint density at radius 3 is 2.65 bits per heavy atom. The topological polar surface area (TPSA) is 67.8 Å². The second-order valence-corrected chi connectivity index (χ2v) is 6.11. The quantitative estimate of drug-likeness (QED) is 0.805. The van der Waals surface area contributed by atoms with E-state index in [1.165, 1.54) is 6.42 Å². The number of aromatic nitrogens is 2. The summed E-state index contributed by atoms with van der Waals surface area (Å²) in [7, 11) is 1.58. The van der Waals surface area contributed by atoms with Crippen molar-refractivity contribution in [2.75, 3.05) is 39.8 Å². The largest absolute Gasteiger partial charge is 0.494 e. The molecule has 1 amide bonds. The highest BCUT2D eigenvalue weighted by molar-refractivity contribution is 5.78. The van der Waals surface area contributed by atoms with Gasteiger partial charge in [-0.15, -0.1) is 0 Å². The Labute approximate surface area is 136 Å². The van der Waals surface area contributed by atoms with Gasteiger partial charge in [0.25, 0.3) is 0 Å². The highest BCUT2D eigenvalue weighted by Gasteiger charge is 2.28. The van der Waals surface area contributed by atoms with Crippen LogP contribution in [0, 0.1) is 0 Å². The molecule has 1 atom stereocenters. The molecular formula is C16H24N4O3. The third-order valence-corrected chi connectivity index (χ3v) is 4.41. The van der Waals surface area contributed by atoms with Gasteiger partial charge in [-0.3, -0.25) is 9.69 Å². The molecule has 0 radical (unpaired) electrons. The van der Waals surface area contributed by atoms with Gasteiger partial charge in [0.15, 0.2) is 5.75 Å². The van der Waals surface area contributed by atoms with Crippen LogP contribution in [0.3, 0.4) is 0 Å². The molecule has 2 aliphatic rings. The predicted octanol–water partition coefficient (Wildman–Crippen LogP) is 0.951. The number of carbonyl (C=O) groups excluding carboxylic acids is 1. The van der Waals surface area contributed by atoms with Crippen LogP contribution in [0.2, 0.25) is 0 Å². The Morgan fingerprint density at radius 1 is 1.22 bits per heavy atom. The molecule has 7 heteroatoms. The number of rotatable bonds is 5. The lowest BCUT2D eigenvalue weighted by molar-refractivity contribution is -0.133. The zero-order valence-electron chi connectivity index (χ0n) is 13.6. The van der Waals surface area contributed by atoms with Crippen LogP contribution in [0.5, 0.6) is 11.8 Å². The van der Waals surface area contributed by atoms with Crippen LogP contribution in [0.25, 0.3) is 0 Å². The SMILES string of the molecule is COc1cnc(OC2CCN(CC(=O)N3CCCCC3)C2)nc1. The highest BCUT2D eigenvalue weighted by Crippen LogP contribution is 2.17. The van der Waals surface area contributed by atoms with E-state index in [0.29, 0.717) is 18.3 Å². The van der Waals surface area contributed by atoms with E-state index in [9.17, 15) is 4.79 Å². The first-order chi connectivity index (χ1) is 11.2. The fourth-order valence-corrected chi connectivity index (χ4v) is 3.09. The molecule has 2 fully saturated rings. The Morgan fingerprint density at radius 2 is 1.96 bits per heavy atom. The van der Waals surface area contributed by atoms with Gasteiger partial charge in [0, 0.05) is 26.2 Å². The first kappa shape index (κ1) is 16.0. The molecule has 1 aromatic heterocycles. The predicted molar refractivity (Wildman–Crippen MR) is 84.5 cm³/mol. The molecule has 1 unspecified atom stereocenters. The number of likely N-dealkylation sites (tertiary alicyclic amines) is 2. The normalized spacial score (nSPS) is 22.1. The van der Waals surface area contributed by atoms with Crippen molar-refractivity contribution in [2.45, 2.75) is 31.8 Å². The summed E-state index contributed by atoms with van der Waals surface area (Å²) in [5, 5.41) is 0. The van der Waals surface area contributed by atoms with E-state index in [-0.39, 0.29) is 12.0 Å². The third kappa shape index (κ3) is 4.31. The maximum absolute atomic E-state index is 12.3. The molecule has 2 saturated heterocycles. The van der Waals surface area contributed by atoms with E-state index in [1.807, 2.05) is 4.90 Å². The summed E-state index contributed by atoms with van der Waals surface area (Å²) in [6, 6.07) is 0.361. The first-order valence-corrected chi connectivity index (χ1v) is 8.27. The van der Waals surface area contributed by atoms with E-state index in [0.717, 1.165) is 45.4 Å². The van der Waals surface area contributed by atoms with Crippen molar-refractivity contribution < 1.29 is 14.3 Å². The Kier molecular flexibility index (Phi) is 5.27. The van der Waals surface area contributed by atoms with E-state index in [4.69, 9.17) is 9.47 Å². The second kappa shape index (κ2) is 7.59. The summed E-state index contributed by atoms with van der Waals surface area (Å²) >= 11 is 0. The molecule has 1 aromatic rings. The molecule has 3 heterocycles. The van der Waals surface area contributed by atoms with Gasteiger partial charge in [0.05, 0.1) is 26.0 Å². The molecular weight excluding hydrogens is 296 g/mol. The van der Waals surface area contributed by atoms with Crippen molar-refractivity contribution >= 4 is 5.91 Å². The average molecular weight is 320 g/mol. The maximum atomic E-state index is 12.3. The standard InChI is InChI=1S/C16H24N4O3/c1-22-14-9-17-16(18-10-14)23-13-5-8-19(11-13)12-15(21)20-6-3-2-4-7-20/h9-10,13H,2-8,11-12H2,1H3. The number of piperidine rings is 1. The van der Waals surface area contributed by atoms with Gasteiger partial charge >= 0.3 is 6.01 Å². The van der Waals surface area contributed by atoms with Crippen LogP contribution in [0.15, 0.2) is 12.4 Å². The van der Waals surface area contributed by atoms with Crippen LogP contribution in [0.1, 0.15) is 25.7 Å². The van der Waals surface area contributed by atoms with Crippen LogP contribution in [0.4, 0.5) is 0 Å².